The number of hydrogen-bond acceptors (Lipinski definition) is 3. The van der Waals surface area contributed by atoms with E-state index in [2.05, 4.69) is 20.9 Å². The van der Waals surface area contributed by atoms with E-state index < -0.39 is 17.8 Å². The van der Waals surface area contributed by atoms with Crippen LogP contribution in [0.5, 0.6) is 0 Å². The second kappa shape index (κ2) is 11.3. The van der Waals surface area contributed by atoms with Crippen LogP contribution in [0, 0.1) is 5.92 Å². The molecule has 1 aliphatic carbocycles. The first-order chi connectivity index (χ1) is 12.8. The summed E-state index contributed by atoms with van der Waals surface area (Å²) in [6.07, 6.45) is -2.75. The van der Waals surface area contributed by atoms with Crippen molar-refractivity contribution in [3.05, 3.63) is 35.4 Å². The van der Waals surface area contributed by atoms with Crippen molar-refractivity contribution >= 4 is 36.0 Å². The van der Waals surface area contributed by atoms with Crippen molar-refractivity contribution in [3.63, 3.8) is 0 Å². The van der Waals surface area contributed by atoms with Gasteiger partial charge in [0.15, 0.2) is 5.96 Å². The van der Waals surface area contributed by atoms with Crippen LogP contribution in [0.4, 0.5) is 18.0 Å². The second-order valence-electron chi connectivity index (χ2n) is 6.31. The van der Waals surface area contributed by atoms with Gasteiger partial charge in [0.25, 0.3) is 0 Å². The Balaban J connectivity index is 0.00000392. The van der Waals surface area contributed by atoms with E-state index in [-0.39, 0.29) is 36.6 Å². The molecule has 3 N–H and O–H groups in total. The van der Waals surface area contributed by atoms with Gasteiger partial charge in [0, 0.05) is 20.1 Å². The molecule has 1 amide bonds. The fourth-order valence-electron chi connectivity index (χ4n) is 2.63. The average Bonchev–Trinajstić information content (AvgIpc) is 3.45. The lowest BCUT2D eigenvalue weighted by atomic mass is 10.1. The van der Waals surface area contributed by atoms with Crippen LogP contribution in [0.3, 0.4) is 0 Å². The number of alkyl halides is 3. The molecule has 1 atom stereocenters. The molecule has 0 bridgehead atoms. The molecule has 1 aromatic carbocycles. The number of nitrogens with one attached hydrogen (secondary N) is 3. The molecule has 0 spiro atoms. The summed E-state index contributed by atoms with van der Waals surface area (Å²) in [7, 11) is 1.58. The van der Waals surface area contributed by atoms with Crippen LogP contribution in [0.15, 0.2) is 29.3 Å². The van der Waals surface area contributed by atoms with Gasteiger partial charge in [-0.05, 0) is 43.4 Å². The van der Waals surface area contributed by atoms with Gasteiger partial charge >= 0.3 is 12.3 Å². The lowest BCUT2D eigenvalue weighted by Crippen LogP contribution is -2.48. The van der Waals surface area contributed by atoms with E-state index in [0.29, 0.717) is 30.6 Å². The molecule has 158 valence electrons. The number of benzene rings is 1. The summed E-state index contributed by atoms with van der Waals surface area (Å²) >= 11 is 0. The van der Waals surface area contributed by atoms with E-state index in [1.807, 2.05) is 0 Å². The molecule has 0 aromatic heterocycles. The number of carbonyl (C=O) groups is 1. The highest BCUT2D eigenvalue weighted by Crippen LogP contribution is 2.32. The van der Waals surface area contributed by atoms with Gasteiger partial charge < -0.3 is 20.7 Å². The van der Waals surface area contributed by atoms with Gasteiger partial charge in [0.1, 0.15) is 0 Å². The highest BCUT2D eigenvalue weighted by atomic mass is 127. The van der Waals surface area contributed by atoms with E-state index in [1.54, 1.807) is 20.0 Å². The monoisotopic (exact) mass is 514 g/mol. The minimum atomic E-state index is -4.37. The third-order valence-electron chi connectivity index (χ3n) is 4.20. The molecule has 10 heteroatoms. The van der Waals surface area contributed by atoms with E-state index in [1.165, 1.54) is 6.07 Å². The molecule has 0 radical (unpaired) electrons. The fraction of sp³-hybridized carbons (Fsp3) is 0.556. The summed E-state index contributed by atoms with van der Waals surface area (Å²) in [6.45, 7) is 2.69. The molecule has 6 nitrogen and oxygen atoms in total. The first-order valence-electron chi connectivity index (χ1n) is 8.87. The number of nitrogens with zero attached hydrogens (tertiary/aromatic N) is 1. The number of amides is 1. The van der Waals surface area contributed by atoms with E-state index in [9.17, 15) is 18.0 Å². The van der Waals surface area contributed by atoms with Crippen molar-refractivity contribution in [2.24, 2.45) is 10.9 Å². The standard InChI is InChI=1S/C18H25F3N4O2.HI/c1-3-27-17(26)25-15(13-7-8-13)11-24-16(22-2)23-10-12-5-4-6-14(9-12)18(19,20)21;/h4-6,9,13,15H,3,7-8,10-11H2,1-2H3,(H,25,26)(H2,22,23,24);1H. The maximum atomic E-state index is 12.8. The third-order valence-corrected chi connectivity index (χ3v) is 4.20. The van der Waals surface area contributed by atoms with Gasteiger partial charge in [0.05, 0.1) is 18.2 Å². The minimum Gasteiger partial charge on any atom is -0.450 e. The lowest BCUT2D eigenvalue weighted by Gasteiger charge is -2.20. The molecule has 1 fully saturated rings. The molecule has 1 saturated carbocycles. The van der Waals surface area contributed by atoms with Gasteiger partial charge in [-0.25, -0.2) is 4.79 Å². The van der Waals surface area contributed by atoms with Crippen molar-refractivity contribution in [2.75, 3.05) is 20.2 Å². The van der Waals surface area contributed by atoms with Crippen LogP contribution in [0.2, 0.25) is 0 Å². The Morgan fingerprint density at radius 3 is 2.61 bits per heavy atom. The van der Waals surface area contributed by atoms with E-state index >= 15 is 0 Å². The number of ether oxygens (including phenoxy) is 1. The zero-order valence-corrected chi connectivity index (χ0v) is 18.1. The number of alkyl carbamates (subject to hydrolysis) is 1. The number of hydrogen-bond donors (Lipinski definition) is 3. The van der Waals surface area contributed by atoms with Gasteiger partial charge in [-0.15, -0.1) is 24.0 Å². The van der Waals surface area contributed by atoms with E-state index in [4.69, 9.17) is 4.74 Å². The molecule has 0 aliphatic heterocycles. The molecular formula is C18H26F3IN4O2. The number of rotatable bonds is 7. The zero-order valence-electron chi connectivity index (χ0n) is 15.8. The first-order valence-corrected chi connectivity index (χ1v) is 8.87. The highest BCUT2D eigenvalue weighted by molar-refractivity contribution is 14.0. The fourth-order valence-corrected chi connectivity index (χ4v) is 2.63. The molecule has 0 heterocycles. The van der Waals surface area contributed by atoms with Crippen LogP contribution in [-0.4, -0.2) is 38.3 Å². The molecule has 1 unspecified atom stereocenters. The summed E-state index contributed by atoms with van der Waals surface area (Å²) < 4.78 is 43.3. The predicted octanol–water partition coefficient (Wildman–Crippen LogP) is 3.51. The quantitative estimate of drug-likeness (QED) is 0.296. The Kier molecular flexibility index (Phi) is 9.83. The van der Waals surface area contributed by atoms with Gasteiger partial charge in [-0.2, -0.15) is 13.2 Å². The van der Waals surface area contributed by atoms with Gasteiger partial charge in [0.2, 0.25) is 0 Å². The normalized spacial score (nSPS) is 15.2. The van der Waals surface area contributed by atoms with Crippen LogP contribution < -0.4 is 16.0 Å². The summed E-state index contributed by atoms with van der Waals surface area (Å²) in [5.74, 6) is 0.840. The molecule has 0 saturated heterocycles. The Morgan fingerprint density at radius 1 is 1.32 bits per heavy atom. The number of halogens is 4. The summed E-state index contributed by atoms with van der Waals surface area (Å²) in [5, 5.41) is 8.91. The SMILES string of the molecule is CCOC(=O)NC(CNC(=NC)NCc1cccc(C(F)(F)F)c1)C1CC1.I. The molecule has 1 aliphatic rings. The topological polar surface area (TPSA) is 74.8 Å². The van der Waals surface area contributed by atoms with Crippen molar-refractivity contribution in [1.29, 1.82) is 0 Å². The van der Waals surface area contributed by atoms with Gasteiger partial charge in [-0.3, -0.25) is 4.99 Å². The largest absolute Gasteiger partial charge is 0.450 e. The minimum absolute atomic E-state index is 0. The van der Waals surface area contributed by atoms with Crippen molar-refractivity contribution < 1.29 is 22.7 Å². The lowest BCUT2D eigenvalue weighted by molar-refractivity contribution is -0.137. The summed E-state index contributed by atoms with van der Waals surface area (Å²) in [5.41, 5.74) is -0.187. The van der Waals surface area contributed by atoms with Crippen molar-refractivity contribution in [3.8, 4) is 0 Å². The summed E-state index contributed by atoms with van der Waals surface area (Å²) in [4.78, 5) is 15.7. The van der Waals surface area contributed by atoms with Crippen molar-refractivity contribution in [1.82, 2.24) is 16.0 Å². The Morgan fingerprint density at radius 2 is 2.04 bits per heavy atom. The second-order valence-corrected chi connectivity index (χ2v) is 6.31. The average molecular weight is 514 g/mol. The summed E-state index contributed by atoms with van der Waals surface area (Å²) in [6, 6.07) is 5.05. The Hall–Kier alpha value is -1.72. The molecule has 2 rings (SSSR count). The number of aliphatic imine (C=N–C) groups is 1. The first kappa shape index (κ1) is 24.3. The maximum absolute atomic E-state index is 12.8. The van der Waals surface area contributed by atoms with E-state index in [0.717, 1.165) is 25.0 Å². The smallest absolute Gasteiger partial charge is 0.416 e. The zero-order chi connectivity index (χ0) is 19.9. The number of carbonyl (C=O) groups excluding carboxylic acids is 1. The Labute approximate surface area is 179 Å². The molecule has 28 heavy (non-hydrogen) atoms. The molecular weight excluding hydrogens is 488 g/mol. The van der Waals surface area contributed by atoms with Crippen LogP contribution >= 0.6 is 24.0 Å². The molecule has 1 aromatic rings. The highest BCUT2D eigenvalue weighted by Gasteiger charge is 2.33. The maximum Gasteiger partial charge on any atom is 0.416 e. The van der Waals surface area contributed by atoms with Crippen LogP contribution in [-0.2, 0) is 17.5 Å². The van der Waals surface area contributed by atoms with Crippen LogP contribution in [0.1, 0.15) is 30.9 Å². The van der Waals surface area contributed by atoms with Crippen LogP contribution in [0.25, 0.3) is 0 Å². The Bertz CT molecular complexity index is 666. The van der Waals surface area contributed by atoms with Gasteiger partial charge in [-0.1, -0.05) is 12.1 Å². The third kappa shape index (κ3) is 8.11. The number of guanidine groups is 1. The van der Waals surface area contributed by atoms with Crippen molar-refractivity contribution in [2.45, 2.75) is 38.5 Å². The predicted molar refractivity (Wildman–Crippen MR) is 112 cm³/mol.